The van der Waals surface area contributed by atoms with Gasteiger partial charge in [-0.2, -0.15) is 0 Å². The van der Waals surface area contributed by atoms with Gasteiger partial charge in [-0.25, -0.2) is 4.98 Å². The van der Waals surface area contributed by atoms with E-state index in [0.717, 1.165) is 44.8 Å². The van der Waals surface area contributed by atoms with Crippen molar-refractivity contribution in [2.45, 2.75) is 19.9 Å². The molecule has 0 N–H and O–H groups in total. The number of amides is 1. The Hall–Kier alpha value is -3.12. The molecule has 5 nitrogen and oxygen atoms in total. The molecule has 5 rings (SSSR count). The second-order valence-corrected chi connectivity index (χ2v) is 9.22. The number of aromatic nitrogens is 1. The van der Waals surface area contributed by atoms with E-state index in [2.05, 4.69) is 49.1 Å². The van der Waals surface area contributed by atoms with Gasteiger partial charge in [0, 0.05) is 42.1 Å². The van der Waals surface area contributed by atoms with Crippen molar-refractivity contribution in [1.82, 2.24) is 9.88 Å². The van der Waals surface area contributed by atoms with Crippen LogP contribution in [0.25, 0.3) is 21.1 Å². The number of anilines is 1. The van der Waals surface area contributed by atoms with E-state index in [0.29, 0.717) is 6.54 Å². The molecule has 1 amide bonds. The summed E-state index contributed by atoms with van der Waals surface area (Å²) >= 11 is 1.48. The summed E-state index contributed by atoms with van der Waals surface area (Å²) in [5.41, 5.74) is 3.40. The van der Waals surface area contributed by atoms with Gasteiger partial charge in [0.25, 0.3) is 5.91 Å². The van der Waals surface area contributed by atoms with E-state index in [1.165, 1.54) is 22.6 Å². The fraction of sp³-hybridized carbons (Fsp3) is 0.280. The lowest BCUT2D eigenvalue weighted by Gasteiger charge is -2.41. The fourth-order valence-corrected chi connectivity index (χ4v) is 5.32. The first-order chi connectivity index (χ1) is 15.0. The first-order valence-corrected chi connectivity index (χ1v) is 11.3. The van der Waals surface area contributed by atoms with E-state index < -0.39 is 0 Å². The van der Waals surface area contributed by atoms with Crippen molar-refractivity contribution in [2.24, 2.45) is 0 Å². The molecule has 2 aromatic carbocycles. The molecule has 0 aliphatic carbocycles. The zero-order chi connectivity index (χ0) is 21.5. The van der Waals surface area contributed by atoms with Crippen molar-refractivity contribution >= 4 is 44.1 Å². The molecule has 0 radical (unpaired) electrons. The summed E-state index contributed by atoms with van der Waals surface area (Å²) in [6.07, 6.45) is 0. The minimum absolute atomic E-state index is 0.0976. The molecule has 2 aromatic heterocycles. The second kappa shape index (κ2) is 7.85. The van der Waals surface area contributed by atoms with Crippen molar-refractivity contribution in [3.63, 3.8) is 0 Å². The average molecular weight is 432 g/mol. The van der Waals surface area contributed by atoms with Crippen molar-refractivity contribution in [3.8, 4) is 5.75 Å². The number of pyridine rings is 1. The largest absolute Gasteiger partial charge is 0.497 e. The Labute approximate surface area is 185 Å². The Morgan fingerprint density at radius 2 is 1.97 bits per heavy atom. The van der Waals surface area contributed by atoms with E-state index in [1.807, 2.05) is 29.2 Å². The van der Waals surface area contributed by atoms with Gasteiger partial charge in [-0.05, 0) is 61.9 Å². The van der Waals surface area contributed by atoms with Crippen LogP contribution in [-0.2, 0) is 0 Å². The molecule has 158 valence electrons. The van der Waals surface area contributed by atoms with E-state index in [9.17, 15) is 4.79 Å². The molecule has 0 saturated carbocycles. The summed E-state index contributed by atoms with van der Waals surface area (Å²) in [4.78, 5) is 24.1. The Balaban J connectivity index is 1.38. The van der Waals surface area contributed by atoms with E-state index in [-0.39, 0.29) is 11.9 Å². The lowest BCUT2D eigenvalue weighted by Crippen LogP contribution is -2.53. The topological polar surface area (TPSA) is 45.7 Å². The van der Waals surface area contributed by atoms with Crippen molar-refractivity contribution in [1.29, 1.82) is 0 Å². The molecule has 0 unspecified atom stereocenters. The van der Waals surface area contributed by atoms with Crippen LogP contribution >= 0.6 is 11.3 Å². The lowest BCUT2D eigenvalue weighted by molar-refractivity contribution is 0.0731. The molecule has 0 spiro atoms. The van der Waals surface area contributed by atoms with Crippen molar-refractivity contribution in [3.05, 3.63) is 65.0 Å². The third kappa shape index (κ3) is 3.72. The standard InChI is InChI=1S/C25H25N3O2S/c1-16-5-4-6-20(11-16)28-10-9-27(15-17(28)2)25(29)23-14-19-12-18-13-21(30-3)7-8-22(18)26-24(19)31-23/h4-8,11-14,17H,9-10,15H2,1-3H3/t17-/m0/s1. The number of hydrogen-bond acceptors (Lipinski definition) is 5. The number of hydrogen-bond donors (Lipinski definition) is 0. The monoisotopic (exact) mass is 431 g/mol. The molecule has 1 saturated heterocycles. The minimum atomic E-state index is 0.0976. The number of thiophene rings is 1. The number of benzene rings is 2. The highest BCUT2D eigenvalue weighted by Gasteiger charge is 2.28. The third-order valence-electron chi connectivity index (χ3n) is 5.97. The number of nitrogens with zero attached hydrogens (tertiary/aromatic N) is 3. The highest BCUT2D eigenvalue weighted by molar-refractivity contribution is 7.20. The van der Waals surface area contributed by atoms with Gasteiger partial charge in [-0.1, -0.05) is 12.1 Å². The SMILES string of the molecule is COc1ccc2nc3sc(C(=O)N4CCN(c5cccc(C)c5)[C@@H](C)C4)cc3cc2c1. The van der Waals surface area contributed by atoms with Crippen LogP contribution in [0.2, 0.25) is 0 Å². The van der Waals surface area contributed by atoms with Gasteiger partial charge >= 0.3 is 0 Å². The lowest BCUT2D eigenvalue weighted by atomic mass is 10.1. The van der Waals surface area contributed by atoms with Gasteiger partial charge in [-0.15, -0.1) is 11.3 Å². The summed E-state index contributed by atoms with van der Waals surface area (Å²) in [6.45, 7) is 6.58. The molecule has 1 fully saturated rings. The van der Waals surface area contributed by atoms with Crippen LogP contribution in [0.3, 0.4) is 0 Å². The molecular weight excluding hydrogens is 406 g/mol. The second-order valence-electron chi connectivity index (χ2n) is 8.18. The van der Waals surface area contributed by atoms with Gasteiger partial charge in [0.05, 0.1) is 17.5 Å². The van der Waals surface area contributed by atoms with E-state index >= 15 is 0 Å². The van der Waals surface area contributed by atoms with Crippen LogP contribution in [0.4, 0.5) is 5.69 Å². The maximum Gasteiger partial charge on any atom is 0.264 e. The number of methoxy groups -OCH3 is 1. The third-order valence-corrected chi connectivity index (χ3v) is 7.00. The van der Waals surface area contributed by atoms with Crippen LogP contribution in [0.5, 0.6) is 5.75 Å². The highest BCUT2D eigenvalue weighted by atomic mass is 32.1. The van der Waals surface area contributed by atoms with Crippen LogP contribution < -0.4 is 9.64 Å². The fourth-order valence-electron chi connectivity index (χ4n) is 4.33. The van der Waals surface area contributed by atoms with Gasteiger partial charge in [0.15, 0.2) is 0 Å². The number of rotatable bonds is 3. The van der Waals surface area contributed by atoms with E-state index in [1.54, 1.807) is 7.11 Å². The molecule has 4 aromatic rings. The van der Waals surface area contributed by atoms with Gasteiger partial charge < -0.3 is 14.5 Å². The molecule has 1 atom stereocenters. The number of carbonyl (C=O) groups is 1. The predicted molar refractivity (Wildman–Crippen MR) is 128 cm³/mol. The number of fused-ring (bicyclic) bond motifs is 2. The Bertz CT molecular complexity index is 1280. The summed E-state index contributed by atoms with van der Waals surface area (Å²) < 4.78 is 5.32. The number of carbonyl (C=O) groups excluding carboxylic acids is 1. The molecule has 6 heteroatoms. The minimum Gasteiger partial charge on any atom is -0.497 e. The smallest absolute Gasteiger partial charge is 0.264 e. The maximum atomic E-state index is 13.3. The van der Waals surface area contributed by atoms with Crippen LogP contribution in [0, 0.1) is 6.92 Å². The quantitative estimate of drug-likeness (QED) is 0.452. The molecule has 3 heterocycles. The summed E-state index contributed by atoms with van der Waals surface area (Å²) in [7, 11) is 1.66. The van der Waals surface area contributed by atoms with Crippen molar-refractivity contribution < 1.29 is 9.53 Å². The van der Waals surface area contributed by atoms with Gasteiger partial charge in [-0.3, -0.25) is 4.79 Å². The summed E-state index contributed by atoms with van der Waals surface area (Å²) in [5.74, 6) is 0.904. The number of piperazine rings is 1. The first kappa shape index (κ1) is 19.8. The molecular formula is C25H25N3O2S. The average Bonchev–Trinajstić information content (AvgIpc) is 3.19. The molecule has 1 aliphatic rings. The number of aryl methyl sites for hydroxylation is 1. The zero-order valence-corrected chi connectivity index (χ0v) is 18.8. The maximum absolute atomic E-state index is 13.3. The first-order valence-electron chi connectivity index (χ1n) is 10.5. The number of ether oxygens (including phenoxy) is 1. The Morgan fingerprint density at radius 3 is 2.74 bits per heavy atom. The Morgan fingerprint density at radius 1 is 1.10 bits per heavy atom. The van der Waals surface area contributed by atoms with Gasteiger partial charge in [0.1, 0.15) is 10.6 Å². The summed E-state index contributed by atoms with van der Waals surface area (Å²) in [5, 5.41) is 2.02. The predicted octanol–water partition coefficient (Wildman–Crippen LogP) is 5.12. The van der Waals surface area contributed by atoms with Crippen LogP contribution in [0.15, 0.2) is 54.6 Å². The van der Waals surface area contributed by atoms with Crippen LogP contribution in [0.1, 0.15) is 22.2 Å². The molecule has 0 bridgehead atoms. The summed E-state index contributed by atoms with van der Waals surface area (Å²) in [6, 6.07) is 18.8. The van der Waals surface area contributed by atoms with Crippen LogP contribution in [-0.4, -0.2) is 48.6 Å². The highest BCUT2D eigenvalue weighted by Crippen LogP contribution is 2.30. The van der Waals surface area contributed by atoms with E-state index in [4.69, 9.17) is 9.72 Å². The Kier molecular flexibility index (Phi) is 5.02. The molecule has 1 aliphatic heterocycles. The molecule has 31 heavy (non-hydrogen) atoms. The van der Waals surface area contributed by atoms with Crippen molar-refractivity contribution in [2.75, 3.05) is 31.6 Å². The van der Waals surface area contributed by atoms with Gasteiger partial charge in [0.2, 0.25) is 0 Å². The normalized spacial score (nSPS) is 16.8. The zero-order valence-electron chi connectivity index (χ0n) is 18.0.